The van der Waals surface area contributed by atoms with Crippen LogP contribution in [0.25, 0.3) is 0 Å². The van der Waals surface area contributed by atoms with E-state index in [0.29, 0.717) is 38.3 Å². The maximum Gasteiger partial charge on any atom is 0.330 e. The van der Waals surface area contributed by atoms with Gasteiger partial charge in [0.15, 0.2) is 0 Å². The summed E-state index contributed by atoms with van der Waals surface area (Å²) in [7, 11) is 0. The summed E-state index contributed by atoms with van der Waals surface area (Å²) in [5, 5.41) is 0. The Kier molecular flexibility index (Phi) is 15.4. The van der Waals surface area contributed by atoms with Crippen LogP contribution in [-0.2, 0) is 19.1 Å². The molecule has 0 atom stereocenters. The molecule has 6 heteroatoms. The summed E-state index contributed by atoms with van der Waals surface area (Å²) in [6, 6.07) is 17.4. The van der Waals surface area contributed by atoms with Gasteiger partial charge in [0.05, 0.1) is 26.4 Å². The smallest absolute Gasteiger partial charge is 0.330 e. The van der Waals surface area contributed by atoms with Crippen LogP contribution in [-0.4, -0.2) is 38.4 Å². The van der Waals surface area contributed by atoms with Gasteiger partial charge in [-0.3, -0.25) is 0 Å². The van der Waals surface area contributed by atoms with Crippen LogP contribution in [0.1, 0.15) is 100 Å². The zero-order valence-corrected chi connectivity index (χ0v) is 25.1. The molecule has 3 rings (SSSR count). The molecule has 1 saturated carbocycles. The number of rotatable bonds is 20. The van der Waals surface area contributed by atoms with E-state index in [0.717, 1.165) is 62.9 Å². The lowest BCUT2D eigenvalue weighted by molar-refractivity contribution is -0.138. The molecule has 0 spiro atoms. The van der Waals surface area contributed by atoms with Gasteiger partial charge < -0.3 is 18.9 Å². The second kappa shape index (κ2) is 19.6. The summed E-state index contributed by atoms with van der Waals surface area (Å²) in [6.45, 7) is 9.11. The number of ether oxygens (including phenoxy) is 4. The second-order valence-corrected chi connectivity index (χ2v) is 11.0. The van der Waals surface area contributed by atoms with Crippen molar-refractivity contribution in [1.82, 2.24) is 0 Å². The van der Waals surface area contributed by atoms with E-state index in [4.69, 9.17) is 18.9 Å². The predicted octanol–water partition coefficient (Wildman–Crippen LogP) is 8.46. The van der Waals surface area contributed by atoms with E-state index in [9.17, 15) is 9.59 Å². The lowest BCUT2D eigenvalue weighted by Gasteiger charge is -2.29. The fourth-order valence-corrected chi connectivity index (χ4v) is 5.39. The van der Waals surface area contributed by atoms with E-state index in [-0.39, 0.29) is 11.9 Å². The third-order valence-corrected chi connectivity index (χ3v) is 7.87. The molecular formula is C36H48O6. The van der Waals surface area contributed by atoms with E-state index in [1.807, 2.05) is 0 Å². The van der Waals surface area contributed by atoms with E-state index < -0.39 is 0 Å². The molecule has 0 N–H and O–H groups in total. The fourth-order valence-electron chi connectivity index (χ4n) is 5.39. The minimum absolute atomic E-state index is 0.353. The van der Waals surface area contributed by atoms with E-state index >= 15 is 0 Å². The lowest BCUT2D eigenvalue weighted by atomic mass is 9.76. The first-order chi connectivity index (χ1) is 20.6. The van der Waals surface area contributed by atoms with Crippen molar-refractivity contribution in [3.05, 3.63) is 85.0 Å². The SMILES string of the molecule is C=CC(=O)OCCCCCCOc1ccc(C2CCC(c3ccc(OCCCCCCOC(=O)C=C)cc3)CC2)cc1. The van der Waals surface area contributed by atoms with E-state index in [1.54, 1.807) is 0 Å². The van der Waals surface area contributed by atoms with Crippen molar-refractivity contribution < 1.29 is 28.5 Å². The van der Waals surface area contributed by atoms with Crippen LogP contribution in [0.15, 0.2) is 73.8 Å². The van der Waals surface area contributed by atoms with Crippen molar-refractivity contribution in [2.24, 2.45) is 0 Å². The number of hydrogen-bond acceptors (Lipinski definition) is 6. The molecule has 1 aliphatic rings. The molecular weight excluding hydrogens is 528 g/mol. The fraction of sp³-hybridized carbons (Fsp3) is 0.500. The highest BCUT2D eigenvalue weighted by atomic mass is 16.5. The van der Waals surface area contributed by atoms with Crippen molar-refractivity contribution in [3.8, 4) is 11.5 Å². The van der Waals surface area contributed by atoms with Gasteiger partial charge in [0.25, 0.3) is 0 Å². The van der Waals surface area contributed by atoms with Crippen molar-refractivity contribution >= 4 is 11.9 Å². The maximum atomic E-state index is 11.0. The average Bonchev–Trinajstić information content (AvgIpc) is 3.04. The minimum atomic E-state index is -0.353. The van der Waals surface area contributed by atoms with Gasteiger partial charge in [-0.05, 0) is 124 Å². The van der Waals surface area contributed by atoms with Crippen molar-refractivity contribution in [1.29, 1.82) is 0 Å². The molecule has 42 heavy (non-hydrogen) atoms. The molecule has 1 fully saturated rings. The van der Waals surface area contributed by atoms with Gasteiger partial charge >= 0.3 is 11.9 Å². The number of hydrogen-bond donors (Lipinski definition) is 0. The van der Waals surface area contributed by atoms with Crippen LogP contribution in [0.4, 0.5) is 0 Å². The van der Waals surface area contributed by atoms with Gasteiger partial charge in [-0.25, -0.2) is 9.59 Å². The standard InChI is InChI=1S/C36H48O6/c1-3-35(37)41-27-11-7-5-9-25-39-33-21-17-31(18-22-33)29-13-15-30(16-14-29)32-19-23-34(24-20-32)40-26-10-6-8-12-28-42-36(38)4-2/h3-4,17-24,29-30H,1-2,5-16,25-28H2. The largest absolute Gasteiger partial charge is 0.494 e. The molecule has 2 aromatic rings. The molecule has 0 unspecified atom stereocenters. The normalized spacial score (nSPS) is 16.3. The zero-order valence-electron chi connectivity index (χ0n) is 25.1. The summed E-state index contributed by atoms with van der Waals surface area (Å²) in [4.78, 5) is 22.0. The minimum Gasteiger partial charge on any atom is -0.494 e. The van der Waals surface area contributed by atoms with Crippen molar-refractivity contribution in [2.75, 3.05) is 26.4 Å². The summed E-state index contributed by atoms with van der Waals surface area (Å²) >= 11 is 0. The third kappa shape index (κ3) is 12.5. The highest BCUT2D eigenvalue weighted by molar-refractivity contribution is 5.81. The first-order valence-electron chi connectivity index (χ1n) is 15.6. The Labute approximate surface area is 252 Å². The maximum absolute atomic E-state index is 11.0. The van der Waals surface area contributed by atoms with Gasteiger partial charge in [0.1, 0.15) is 11.5 Å². The quantitative estimate of drug-likeness (QED) is 0.0894. The molecule has 0 radical (unpaired) electrons. The molecule has 228 valence electrons. The van der Waals surface area contributed by atoms with E-state index in [2.05, 4.69) is 61.7 Å². The van der Waals surface area contributed by atoms with Crippen LogP contribution in [0.5, 0.6) is 11.5 Å². The highest BCUT2D eigenvalue weighted by Crippen LogP contribution is 2.41. The van der Waals surface area contributed by atoms with Gasteiger partial charge in [-0.15, -0.1) is 0 Å². The topological polar surface area (TPSA) is 71.1 Å². The molecule has 0 saturated heterocycles. The number of unbranched alkanes of at least 4 members (excludes halogenated alkanes) is 6. The average molecular weight is 577 g/mol. The van der Waals surface area contributed by atoms with Gasteiger partial charge in [-0.1, -0.05) is 37.4 Å². The van der Waals surface area contributed by atoms with Gasteiger partial charge in [0, 0.05) is 12.2 Å². The Morgan fingerprint density at radius 3 is 1.21 bits per heavy atom. The first kappa shape index (κ1) is 33.0. The molecule has 0 aliphatic heterocycles. The monoisotopic (exact) mass is 576 g/mol. The highest BCUT2D eigenvalue weighted by Gasteiger charge is 2.23. The molecule has 0 amide bonds. The Morgan fingerprint density at radius 1 is 0.548 bits per heavy atom. The molecule has 1 aliphatic carbocycles. The Bertz CT molecular complexity index is 980. The zero-order chi connectivity index (χ0) is 29.8. The second-order valence-electron chi connectivity index (χ2n) is 11.0. The van der Waals surface area contributed by atoms with Gasteiger partial charge in [0.2, 0.25) is 0 Å². The van der Waals surface area contributed by atoms with Gasteiger partial charge in [-0.2, -0.15) is 0 Å². The van der Waals surface area contributed by atoms with Crippen molar-refractivity contribution in [2.45, 2.75) is 88.9 Å². The Balaban J connectivity index is 1.26. The summed E-state index contributed by atoms with van der Waals surface area (Å²) in [5.41, 5.74) is 2.83. The number of esters is 2. The first-order valence-corrected chi connectivity index (χ1v) is 15.6. The van der Waals surface area contributed by atoms with Crippen LogP contribution < -0.4 is 9.47 Å². The van der Waals surface area contributed by atoms with Crippen LogP contribution >= 0.6 is 0 Å². The molecule has 0 aromatic heterocycles. The number of benzene rings is 2. The predicted molar refractivity (Wildman–Crippen MR) is 167 cm³/mol. The van der Waals surface area contributed by atoms with E-state index in [1.165, 1.54) is 49.0 Å². The molecule has 6 nitrogen and oxygen atoms in total. The van der Waals surface area contributed by atoms with Crippen LogP contribution in [0.2, 0.25) is 0 Å². The summed E-state index contributed by atoms with van der Waals surface area (Å²) in [6.07, 6.45) is 15.1. The third-order valence-electron chi connectivity index (χ3n) is 7.87. The van der Waals surface area contributed by atoms with Crippen molar-refractivity contribution in [3.63, 3.8) is 0 Å². The molecule has 0 heterocycles. The lowest BCUT2D eigenvalue weighted by Crippen LogP contribution is -2.12. The van der Waals surface area contributed by atoms with Crippen LogP contribution in [0.3, 0.4) is 0 Å². The Hall–Kier alpha value is -3.54. The van der Waals surface area contributed by atoms with Crippen LogP contribution in [0, 0.1) is 0 Å². The number of carbonyl (C=O) groups is 2. The summed E-state index contributed by atoms with van der Waals surface area (Å²) < 4.78 is 21.8. The molecule has 0 bridgehead atoms. The number of carbonyl (C=O) groups excluding carboxylic acids is 2. The Morgan fingerprint density at radius 2 is 0.881 bits per heavy atom. The molecule has 2 aromatic carbocycles. The summed E-state index contributed by atoms with van der Waals surface area (Å²) in [5.74, 6) is 2.38.